The standard InChI is InChI=1S/C18H20O4/c1-10(2)6-12-4-5-13-16(21-9-12)8-15(20)17-14(19)7-11(3)22-18(13)17/h4,7-8,10,20H,5-6,9H2,1-3H3. The van der Waals surface area contributed by atoms with Gasteiger partial charge in [-0.15, -0.1) is 0 Å². The summed E-state index contributed by atoms with van der Waals surface area (Å²) < 4.78 is 11.6. The van der Waals surface area contributed by atoms with Crippen molar-refractivity contribution in [3.8, 4) is 11.5 Å². The molecule has 0 radical (unpaired) electrons. The molecule has 3 rings (SSSR count). The average Bonchev–Trinajstić information content (AvgIpc) is 2.60. The number of aryl methyl sites for hydroxylation is 1. The summed E-state index contributed by atoms with van der Waals surface area (Å²) in [7, 11) is 0. The summed E-state index contributed by atoms with van der Waals surface area (Å²) in [5, 5.41) is 10.4. The van der Waals surface area contributed by atoms with Gasteiger partial charge in [-0.05, 0) is 31.3 Å². The molecule has 0 fully saturated rings. The summed E-state index contributed by atoms with van der Waals surface area (Å²) in [5.74, 6) is 1.59. The minimum Gasteiger partial charge on any atom is -0.507 e. The predicted molar refractivity (Wildman–Crippen MR) is 85.6 cm³/mol. The lowest BCUT2D eigenvalue weighted by atomic mass is 10.0. The van der Waals surface area contributed by atoms with E-state index in [1.807, 2.05) is 0 Å². The van der Waals surface area contributed by atoms with Crippen LogP contribution in [0.15, 0.2) is 33.0 Å². The maximum atomic E-state index is 12.1. The van der Waals surface area contributed by atoms with E-state index in [1.54, 1.807) is 6.92 Å². The number of ether oxygens (including phenoxy) is 1. The highest BCUT2D eigenvalue weighted by molar-refractivity contribution is 5.88. The number of benzene rings is 1. The first kappa shape index (κ1) is 14.7. The number of aromatic hydroxyl groups is 1. The van der Waals surface area contributed by atoms with Crippen molar-refractivity contribution < 1.29 is 14.3 Å². The van der Waals surface area contributed by atoms with Gasteiger partial charge in [0, 0.05) is 17.7 Å². The van der Waals surface area contributed by atoms with E-state index in [0.717, 1.165) is 12.0 Å². The summed E-state index contributed by atoms with van der Waals surface area (Å²) in [6.07, 6.45) is 3.76. The van der Waals surface area contributed by atoms with Crippen molar-refractivity contribution in [2.45, 2.75) is 33.6 Å². The lowest BCUT2D eigenvalue weighted by Crippen LogP contribution is -2.05. The van der Waals surface area contributed by atoms with E-state index in [0.29, 0.717) is 36.0 Å². The highest BCUT2D eigenvalue weighted by atomic mass is 16.5. The van der Waals surface area contributed by atoms with Gasteiger partial charge in [0.2, 0.25) is 0 Å². The minimum atomic E-state index is -0.227. The van der Waals surface area contributed by atoms with E-state index < -0.39 is 0 Å². The van der Waals surface area contributed by atoms with E-state index in [2.05, 4.69) is 19.9 Å². The molecule has 4 nitrogen and oxygen atoms in total. The number of hydrogen-bond donors (Lipinski definition) is 1. The van der Waals surface area contributed by atoms with Crippen LogP contribution in [0.2, 0.25) is 0 Å². The minimum absolute atomic E-state index is 0.0881. The molecule has 22 heavy (non-hydrogen) atoms. The molecule has 2 aromatic rings. The third-order valence-corrected chi connectivity index (χ3v) is 3.84. The molecule has 0 unspecified atom stereocenters. The van der Waals surface area contributed by atoms with Crippen molar-refractivity contribution in [1.82, 2.24) is 0 Å². The molecule has 0 saturated heterocycles. The van der Waals surface area contributed by atoms with Crippen LogP contribution in [0.25, 0.3) is 11.0 Å². The van der Waals surface area contributed by atoms with Crippen LogP contribution < -0.4 is 10.2 Å². The van der Waals surface area contributed by atoms with Crippen LogP contribution in [0.4, 0.5) is 0 Å². The molecule has 0 saturated carbocycles. The maximum absolute atomic E-state index is 12.1. The third-order valence-electron chi connectivity index (χ3n) is 3.84. The topological polar surface area (TPSA) is 59.7 Å². The van der Waals surface area contributed by atoms with Gasteiger partial charge in [-0.3, -0.25) is 4.79 Å². The Morgan fingerprint density at radius 3 is 2.82 bits per heavy atom. The molecular weight excluding hydrogens is 280 g/mol. The molecule has 2 heterocycles. The van der Waals surface area contributed by atoms with Gasteiger partial charge in [0.25, 0.3) is 0 Å². The molecule has 116 valence electrons. The summed E-state index contributed by atoms with van der Waals surface area (Å²) >= 11 is 0. The Balaban J connectivity index is 2.16. The Morgan fingerprint density at radius 1 is 1.32 bits per heavy atom. The van der Waals surface area contributed by atoms with Crippen molar-refractivity contribution in [1.29, 1.82) is 0 Å². The van der Waals surface area contributed by atoms with Crippen molar-refractivity contribution >= 4 is 11.0 Å². The number of hydrogen-bond acceptors (Lipinski definition) is 4. The Morgan fingerprint density at radius 2 is 2.09 bits per heavy atom. The third kappa shape index (κ3) is 2.61. The van der Waals surface area contributed by atoms with Gasteiger partial charge in [0.1, 0.15) is 34.8 Å². The summed E-state index contributed by atoms with van der Waals surface area (Å²) in [6.45, 7) is 6.58. The molecule has 0 amide bonds. The molecule has 0 bridgehead atoms. The molecule has 1 aliphatic heterocycles. The number of fused-ring (bicyclic) bond motifs is 3. The number of rotatable bonds is 2. The van der Waals surface area contributed by atoms with Crippen LogP contribution in [-0.4, -0.2) is 11.7 Å². The number of phenolic OH excluding ortho intramolecular Hbond substituents is 1. The fourth-order valence-corrected chi connectivity index (χ4v) is 2.93. The molecule has 1 N–H and O–H groups in total. The van der Waals surface area contributed by atoms with E-state index in [4.69, 9.17) is 9.15 Å². The number of allylic oxidation sites excluding steroid dienone is 1. The van der Waals surface area contributed by atoms with E-state index in [-0.39, 0.29) is 16.6 Å². The van der Waals surface area contributed by atoms with Crippen LogP contribution >= 0.6 is 0 Å². The molecular formula is C18H20O4. The van der Waals surface area contributed by atoms with Crippen molar-refractivity contribution in [3.05, 3.63) is 45.3 Å². The summed E-state index contributed by atoms with van der Waals surface area (Å²) in [4.78, 5) is 12.1. The molecule has 1 aromatic heterocycles. The van der Waals surface area contributed by atoms with Crippen molar-refractivity contribution in [2.24, 2.45) is 5.92 Å². The Kier molecular flexibility index (Phi) is 3.69. The second-order valence-electron chi connectivity index (χ2n) is 6.25. The van der Waals surface area contributed by atoms with Gasteiger partial charge in [-0.2, -0.15) is 0 Å². The van der Waals surface area contributed by atoms with Gasteiger partial charge in [0.15, 0.2) is 5.43 Å². The first-order valence-electron chi connectivity index (χ1n) is 7.55. The van der Waals surface area contributed by atoms with E-state index in [1.165, 1.54) is 17.7 Å². The second-order valence-corrected chi connectivity index (χ2v) is 6.25. The lowest BCUT2D eigenvalue weighted by molar-refractivity contribution is 0.341. The fraction of sp³-hybridized carbons (Fsp3) is 0.389. The highest BCUT2D eigenvalue weighted by Gasteiger charge is 2.20. The van der Waals surface area contributed by atoms with E-state index in [9.17, 15) is 9.90 Å². The predicted octanol–water partition coefficient (Wildman–Crippen LogP) is 3.71. The quantitative estimate of drug-likeness (QED) is 0.859. The largest absolute Gasteiger partial charge is 0.507 e. The fourth-order valence-electron chi connectivity index (χ4n) is 2.93. The van der Waals surface area contributed by atoms with Gasteiger partial charge in [0.05, 0.1) is 0 Å². The van der Waals surface area contributed by atoms with E-state index >= 15 is 0 Å². The van der Waals surface area contributed by atoms with Gasteiger partial charge < -0.3 is 14.3 Å². The van der Waals surface area contributed by atoms with Crippen LogP contribution in [0, 0.1) is 12.8 Å². The summed E-state index contributed by atoms with van der Waals surface area (Å²) in [5.41, 5.74) is 2.26. The SMILES string of the molecule is Cc1cc(=O)c2c(O)cc3c(c2o1)CC=C(CC(C)C)CO3. The van der Waals surface area contributed by atoms with Gasteiger partial charge >= 0.3 is 0 Å². The average molecular weight is 300 g/mol. The zero-order valence-electron chi connectivity index (χ0n) is 13.1. The molecule has 4 heteroatoms. The van der Waals surface area contributed by atoms with Gasteiger partial charge in [-0.1, -0.05) is 19.9 Å². The van der Waals surface area contributed by atoms with Crippen LogP contribution in [0.3, 0.4) is 0 Å². The van der Waals surface area contributed by atoms with Gasteiger partial charge in [-0.25, -0.2) is 0 Å². The zero-order valence-corrected chi connectivity index (χ0v) is 13.1. The molecule has 0 spiro atoms. The molecule has 1 aromatic carbocycles. The van der Waals surface area contributed by atoms with Crippen molar-refractivity contribution in [2.75, 3.05) is 6.61 Å². The lowest BCUT2D eigenvalue weighted by Gasteiger charge is -2.12. The van der Waals surface area contributed by atoms with Crippen LogP contribution in [0.5, 0.6) is 11.5 Å². The second kappa shape index (κ2) is 5.52. The molecule has 1 aliphatic rings. The number of phenols is 1. The molecule has 0 atom stereocenters. The van der Waals surface area contributed by atoms with Crippen molar-refractivity contribution in [3.63, 3.8) is 0 Å². The Bertz CT molecular complexity index is 812. The first-order chi connectivity index (χ1) is 10.5. The Hall–Kier alpha value is -2.23. The smallest absolute Gasteiger partial charge is 0.196 e. The normalized spacial score (nSPS) is 14.5. The van der Waals surface area contributed by atoms with Crippen LogP contribution in [0.1, 0.15) is 31.6 Å². The maximum Gasteiger partial charge on any atom is 0.196 e. The molecule has 0 aliphatic carbocycles. The zero-order chi connectivity index (χ0) is 15.9. The first-order valence-corrected chi connectivity index (χ1v) is 7.55. The summed E-state index contributed by atoms with van der Waals surface area (Å²) in [6, 6.07) is 2.92. The highest BCUT2D eigenvalue weighted by Crippen LogP contribution is 2.36. The monoisotopic (exact) mass is 300 g/mol. The van der Waals surface area contributed by atoms with Crippen LogP contribution in [-0.2, 0) is 6.42 Å². The Labute approximate surface area is 129 Å².